The van der Waals surface area contributed by atoms with Gasteiger partial charge in [0.15, 0.2) is 0 Å². The van der Waals surface area contributed by atoms with E-state index in [-0.39, 0.29) is 54.8 Å². The van der Waals surface area contributed by atoms with Gasteiger partial charge in [-0.05, 0) is 76.5 Å². The largest absolute Gasteiger partial charge is 0.507 e. The van der Waals surface area contributed by atoms with Gasteiger partial charge in [0.1, 0.15) is 11.6 Å². The first-order chi connectivity index (χ1) is 29.3. The van der Waals surface area contributed by atoms with Crippen molar-refractivity contribution in [2.75, 3.05) is 0 Å². The monoisotopic (exact) mass is 866 g/mol. The zero-order valence-corrected chi connectivity index (χ0v) is 30.7. The van der Waals surface area contributed by atoms with Crippen LogP contribution in [0.25, 0.3) is 72.7 Å². The van der Waals surface area contributed by atoms with Crippen LogP contribution in [0.1, 0.15) is 47.0 Å². The number of rotatable bonds is 6. The van der Waals surface area contributed by atoms with Crippen LogP contribution in [-0.2, 0) is 26.5 Å². The van der Waals surface area contributed by atoms with Crippen LogP contribution in [0.2, 0.25) is 0 Å². The molecule has 0 spiro atoms. The van der Waals surface area contributed by atoms with E-state index in [1.165, 1.54) is 0 Å². The summed E-state index contributed by atoms with van der Waals surface area (Å²) in [5, 5.41) is 11.2. The maximum Gasteiger partial charge on any atom is 0.148 e. The Morgan fingerprint density at radius 2 is 1.48 bits per heavy atom. The standard InChI is InChI=1S/C47H38N3O.Pt/c1-31-24-35(33-16-9-6-10-17-33)29-39(25-31)50-43-20-13-19-40(45(43)49-46(50)41-18-11-12-21-44(41)51)36-26-37(28-38(27-36)47(2,3)4)42-30-34(22-23-48-42)32-14-7-5-8-15-32;/h5-25,27-30,51H,1-4H3;/q-1;/i1D3,5D,7D,8D,14D,15D,22D,23D,30D;. The van der Waals surface area contributed by atoms with E-state index in [0.29, 0.717) is 44.8 Å². The molecule has 0 unspecified atom stereocenters. The van der Waals surface area contributed by atoms with Crippen molar-refractivity contribution in [3.8, 4) is 67.5 Å². The first-order valence-electron chi connectivity index (χ1n) is 21.9. The molecule has 0 aliphatic rings. The Morgan fingerprint density at radius 3 is 2.25 bits per heavy atom. The van der Waals surface area contributed by atoms with Crippen LogP contribution in [0, 0.1) is 12.9 Å². The summed E-state index contributed by atoms with van der Waals surface area (Å²) < 4.78 is 95.7. The molecule has 258 valence electrons. The third-order valence-corrected chi connectivity index (χ3v) is 8.74. The van der Waals surface area contributed by atoms with Gasteiger partial charge in [0.25, 0.3) is 0 Å². The normalized spacial score (nSPS) is 14.6. The average molecular weight is 867 g/mol. The van der Waals surface area contributed by atoms with Crippen molar-refractivity contribution in [2.45, 2.75) is 33.0 Å². The molecule has 0 radical (unpaired) electrons. The van der Waals surface area contributed by atoms with Crippen LogP contribution >= 0.6 is 0 Å². The van der Waals surface area contributed by atoms with Crippen molar-refractivity contribution < 1.29 is 41.3 Å². The molecule has 0 saturated carbocycles. The SMILES string of the molecule is [2H]c1nc(-c2[c-]c(-c3cccc4c3nc(-c3ccccc3O)n4-c3cc(-c4ccccc4)cc(C([2H])([2H])[2H])c3)cc(C(C)(C)C)c2)c([2H])c(-c2c([2H])c([2H])c([2H])c([2H])c2[2H])c1[2H].[Pt]. The smallest absolute Gasteiger partial charge is 0.148 e. The fourth-order valence-corrected chi connectivity index (χ4v) is 6.18. The van der Waals surface area contributed by atoms with Gasteiger partial charge in [-0.15, -0.1) is 29.3 Å². The Kier molecular flexibility index (Phi) is 6.51. The molecule has 6 aromatic carbocycles. The molecule has 2 heterocycles. The maximum atomic E-state index is 11.2. The average Bonchev–Trinajstić information content (AvgIpc) is 3.64. The van der Waals surface area contributed by atoms with E-state index in [1.54, 1.807) is 42.5 Å². The Balaban J connectivity index is 0.00000595. The number of phenols is 1. The van der Waals surface area contributed by atoms with Crippen LogP contribution in [0.3, 0.4) is 0 Å². The number of fused-ring (bicyclic) bond motifs is 1. The first kappa shape index (κ1) is 23.8. The Morgan fingerprint density at radius 1 is 0.731 bits per heavy atom. The number of aryl methyl sites for hydroxylation is 1. The topological polar surface area (TPSA) is 50.9 Å². The van der Waals surface area contributed by atoms with Crippen LogP contribution in [0.15, 0.2) is 152 Å². The van der Waals surface area contributed by atoms with E-state index in [4.69, 9.17) is 18.7 Å². The van der Waals surface area contributed by atoms with Gasteiger partial charge >= 0.3 is 0 Å². The predicted octanol–water partition coefficient (Wildman–Crippen LogP) is 11.9. The molecule has 1 N–H and O–H groups in total. The number of hydrogen-bond donors (Lipinski definition) is 1. The summed E-state index contributed by atoms with van der Waals surface area (Å²) in [5.74, 6) is 0.292. The van der Waals surface area contributed by atoms with E-state index >= 15 is 0 Å². The minimum Gasteiger partial charge on any atom is -0.507 e. The van der Waals surface area contributed by atoms with Crippen molar-refractivity contribution in [3.63, 3.8) is 0 Å². The number of phenolic OH excluding ortho intramolecular Hbond substituents is 1. The molecule has 0 bridgehead atoms. The summed E-state index contributed by atoms with van der Waals surface area (Å²) in [4.78, 5) is 9.52. The molecule has 4 nitrogen and oxygen atoms in total. The van der Waals surface area contributed by atoms with Gasteiger partial charge in [-0.3, -0.25) is 9.55 Å². The van der Waals surface area contributed by atoms with Gasteiger partial charge in [0, 0.05) is 42.7 Å². The summed E-state index contributed by atoms with van der Waals surface area (Å²) >= 11 is 0. The molecule has 2 aromatic heterocycles. The Labute approximate surface area is 335 Å². The van der Waals surface area contributed by atoms with E-state index in [1.807, 2.05) is 86.0 Å². The van der Waals surface area contributed by atoms with Crippen LogP contribution in [0.4, 0.5) is 0 Å². The molecule has 0 saturated heterocycles. The van der Waals surface area contributed by atoms with Gasteiger partial charge in [-0.25, -0.2) is 4.98 Å². The van der Waals surface area contributed by atoms with Crippen LogP contribution in [-0.4, -0.2) is 19.6 Å². The van der Waals surface area contributed by atoms with Crippen molar-refractivity contribution in [1.29, 1.82) is 0 Å². The van der Waals surface area contributed by atoms with Crippen molar-refractivity contribution in [2.24, 2.45) is 0 Å². The van der Waals surface area contributed by atoms with Crippen molar-refractivity contribution >= 4 is 11.0 Å². The molecular weight excluding hydrogens is 818 g/mol. The number of imidazole rings is 1. The fourth-order valence-electron chi connectivity index (χ4n) is 6.18. The van der Waals surface area contributed by atoms with Gasteiger partial charge < -0.3 is 5.11 Å². The molecule has 5 heteroatoms. The minimum atomic E-state index is -2.46. The third kappa shape index (κ3) is 6.75. The molecule has 8 aromatic rings. The second-order valence-electron chi connectivity index (χ2n) is 13.2. The molecule has 0 aliphatic carbocycles. The minimum absolute atomic E-state index is 0. The van der Waals surface area contributed by atoms with Crippen molar-refractivity contribution in [3.05, 3.63) is 169 Å². The summed E-state index contributed by atoms with van der Waals surface area (Å²) in [6.07, 6.45) is -0.559. The van der Waals surface area contributed by atoms with E-state index in [0.717, 1.165) is 11.1 Å². The van der Waals surface area contributed by atoms with Gasteiger partial charge in [-0.1, -0.05) is 129 Å². The number of benzene rings is 6. The molecule has 0 fully saturated rings. The van der Waals surface area contributed by atoms with Gasteiger partial charge in [-0.2, -0.15) is 0 Å². The predicted molar refractivity (Wildman–Crippen MR) is 210 cm³/mol. The molecule has 8 rings (SSSR count). The zero-order valence-electron chi connectivity index (χ0n) is 39.4. The number of para-hydroxylation sites is 2. The third-order valence-electron chi connectivity index (χ3n) is 8.74. The summed E-state index contributed by atoms with van der Waals surface area (Å²) in [5.41, 5.74) is 4.39. The maximum absolute atomic E-state index is 11.2. The van der Waals surface area contributed by atoms with Crippen molar-refractivity contribution in [1.82, 2.24) is 14.5 Å². The number of aromatic nitrogens is 3. The second kappa shape index (κ2) is 14.2. The van der Waals surface area contributed by atoms with E-state index in [9.17, 15) is 6.48 Å². The molecule has 52 heavy (non-hydrogen) atoms. The molecule has 0 amide bonds. The van der Waals surface area contributed by atoms with Gasteiger partial charge in [0.2, 0.25) is 0 Å². The van der Waals surface area contributed by atoms with E-state index < -0.39 is 60.7 Å². The quantitative estimate of drug-likeness (QED) is 0.169. The fraction of sp³-hybridized carbons (Fsp3) is 0.106. The summed E-state index contributed by atoms with van der Waals surface area (Å²) in [7, 11) is 0. The molecular formula is C47H38N3OPt-. The van der Waals surface area contributed by atoms with Crippen LogP contribution < -0.4 is 0 Å². The number of pyridine rings is 1. The zero-order chi connectivity index (χ0) is 44.6. The number of nitrogens with zero attached hydrogens (tertiary/aromatic N) is 3. The summed E-state index contributed by atoms with van der Waals surface area (Å²) in [6, 6.07) is 29.9. The van der Waals surface area contributed by atoms with Gasteiger partial charge in [0.05, 0.1) is 27.6 Å². The molecule has 0 aliphatic heterocycles. The van der Waals surface area contributed by atoms with E-state index in [2.05, 4.69) is 11.1 Å². The molecule has 0 atom stereocenters. The summed E-state index contributed by atoms with van der Waals surface area (Å²) in [6.45, 7) is 3.54. The first-order valence-corrected chi connectivity index (χ1v) is 16.4. The Hall–Kier alpha value is -5.57. The van der Waals surface area contributed by atoms with Crippen LogP contribution in [0.5, 0.6) is 5.75 Å². The second-order valence-corrected chi connectivity index (χ2v) is 13.2. The number of aromatic hydroxyl groups is 1. The Bertz CT molecular complexity index is 3080. The number of hydrogen-bond acceptors (Lipinski definition) is 3.